The van der Waals surface area contributed by atoms with Gasteiger partial charge in [0.25, 0.3) is 0 Å². The molecule has 0 saturated carbocycles. The van der Waals surface area contributed by atoms with E-state index in [0.717, 1.165) is 0 Å². The molecule has 0 bridgehead atoms. The van der Waals surface area contributed by atoms with E-state index in [1.165, 1.54) is 0 Å². The molecule has 0 aromatic carbocycles. The van der Waals surface area contributed by atoms with Crippen LogP contribution < -0.4 is 0 Å². The quantitative estimate of drug-likeness (QED) is 0.557. The highest BCUT2D eigenvalue weighted by atomic mass is 28.4. The van der Waals surface area contributed by atoms with Crippen molar-refractivity contribution in [2.45, 2.75) is 33.0 Å². The molecule has 4 nitrogen and oxygen atoms in total. The minimum absolute atomic E-state index is 0.325. The molecule has 1 unspecified atom stereocenters. The van der Waals surface area contributed by atoms with Crippen molar-refractivity contribution in [2.24, 2.45) is 0 Å². The Labute approximate surface area is 86.0 Å². The van der Waals surface area contributed by atoms with Crippen LogP contribution in [0.3, 0.4) is 0 Å². The van der Waals surface area contributed by atoms with Gasteiger partial charge in [-0.15, -0.1) is 0 Å². The fourth-order valence-corrected chi connectivity index (χ4v) is 1.81. The molecule has 0 spiro atoms. The summed E-state index contributed by atoms with van der Waals surface area (Å²) in [5.74, 6) is 0. The first kappa shape index (κ1) is 11.4. The first-order chi connectivity index (χ1) is 6.53. The molecule has 0 amide bonds. The van der Waals surface area contributed by atoms with Crippen LogP contribution in [0.25, 0.3) is 0 Å². The Bertz CT molecular complexity index is 256. The summed E-state index contributed by atoms with van der Waals surface area (Å²) in [5.41, 5.74) is 0. The summed E-state index contributed by atoms with van der Waals surface area (Å²) >= 11 is 0. The van der Waals surface area contributed by atoms with Gasteiger partial charge in [-0.05, 0) is 26.6 Å². The maximum Gasteiger partial charge on any atom is 0.235 e. The second kappa shape index (κ2) is 4.72. The Hall–Kier alpha value is -0.653. The van der Waals surface area contributed by atoms with Gasteiger partial charge in [-0.2, -0.15) is 0 Å². The third kappa shape index (κ3) is 3.61. The topological polar surface area (TPSA) is 36.3 Å². The number of nitrogens with zero attached hydrogens (tertiary/aromatic N) is 2. The highest BCUT2D eigenvalue weighted by Gasteiger charge is 2.22. The molecule has 0 aliphatic heterocycles. The predicted molar refractivity (Wildman–Crippen MR) is 57.3 cm³/mol. The highest BCUT2D eigenvalue weighted by molar-refractivity contribution is 6.69. The molecule has 0 saturated heterocycles. The number of aromatic nitrogens is 2. The van der Waals surface area contributed by atoms with E-state index in [1.807, 2.05) is 17.7 Å². The maximum absolute atomic E-state index is 5.86. The van der Waals surface area contributed by atoms with E-state index < -0.39 is 8.32 Å². The number of ether oxygens (including phenoxy) is 1. The van der Waals surface area contributed by atoms with Crippen LogP contribution in [-0.4, -0.2) is 24.5 Å². The summed E-state index contributed by atoms with van der Waals surface area (Å²) in [6.45, 7) is 8.99. The Kier molecular flexibility index (Phi) is 3.85. The smallest absolute Gasteiger partial charge is 0.235 e. The van der Waals surface area contributed by atoms with Crippen molar-refractivity contribution < 1.29 is 9.16 Å². The Morgan fingerprint density at radius 2 is 2.14 bits per heavy atom. The van der Waals surface area contributed by atoms with Gasteiger partial charge in [0, 0.05) is 19.0 Å². The van der Waals surface area contributed by atoms with Crippen molar-refractivity contribution >= 4 is 8.32 Å². The van der Waals surface area contributed by atoms with Crippen LogP contribution in [0.4, 0.5) is 0 Å². The average Bonchev–Trinajstić information content (AvgIpc) is 2.52. The summed E-state index contributed by atoms with van der Waals surface area (Å²) in [7, 11) is -1.59. The average molecular weight is 214 g/mol. The third-order valence-electron chi connectivity index (χ3n) is 1.53. The van der Waals surface area contributed by atoms with Crippen molar-refractivity contribution in [1.82, 2.24) is 9.55 Å². The van der Waals surface area contributed by atoms with Crippen molar-refractivity contribution in [3.8, 4) is 0 Å². The maximum atomic E-state index is 5.86. The minimum atomic E-state index is -1.59. The molecule has 0 aliphatic rings. The van der Waals surface area contributed by atoms with Crippen molar-refractivity contribution in [2.75, 3.05) is 6.61 Å². The molecule has 1 atom stereocenters. The molecular weight excluding hydrogens is 196 g/mol. The van der Waals surface area contributed by atoms with Crippen LogP contribution >= 0.6 is 0 Å². The summed E-state index contributed by atoms with van der Waals surface area (Å²) in [5, 5.41) is 0. The number of imidazole rings is 1. The van der Waals surface area contributed by atoms with Gasteiger partial charge in [0.15, 0.2) is 8.32 Å². The standard InChI is InChI=1S/C9H18N2O2Si/c1-5-12-9(13-14(2,3)4)11-7-6-10-8-11/h6-9H,5H2,1-4H3. The van der Waals surface area contributed by atoms with E-state index in [-0.39, 0.29) is 6.41 Å². The van der Waals surface area contributed by atoms with E-state index in [1.54, 1.807) is 12.5 Å². The van der Waals surface area contributed by atoms with E-state index in [0.29, 0.717) is 6.61 Å². The lowest BCUT2D eigenvalue weighted by atomic mass is 10.8. The summed E-state index contributed by atoms with van der Waals surface area (Å²) < 4.78 is 13.2. The molecule has 0 N–H and O–H groups in total. The van der Waals surface area contributed by atoms with Crippen LogP contribution in [0.1, 0.15) is 13.3 Å². The van der Waals surface area contributed by atoms with Crippen LogP contribution in [0.2, 0.25) is 19.6 Å². The van der Waals surface area contributed by atoms with Gasteiger partial charge in [-0.3, -0.25) is 4.57 Å². The largest absolute Gasteiger partial charge is 0.377 e. The lowest BCUT2D eigenvalue weighted by Gasteiger charge is -2.26. The van der Waals surface area contributed by atoms with Crippen molar-refractivity contribution in [1.29, 1.82) is 0 Å². The summed E-state index contributed by atoms with van der Waals surface area (Å²) in [6.07, 6.45) is 4.95. The zero-order valence-corrected chi connectivity index (χ0v) is 10.2. The molecule has 5 heteroatoms. The second-order valence-electron chi connectivity index (χ2n) is 4.00. The zero-order chi connectivity index (χ0) is 10.6. The van der Waals surface area contributed by atoms with Crippen LogP contribution in [-0.2, 0) is 9.16 Å². The van der Waals surface area contributed by atoms with Gasteiger partial charge in [0.05, 0.1) is 6.33 Å². The summed E-state index contributed by atoms with van der Waals surface area (Å²) in [4.78, 5) is 3.97. The molecule has 1 heterocycles. The molecule has 14 heavy (non-hydrogen) atoms. The second-order valence-corrected chi connectivity index (χ2v) is 8.46. The predicted octanol–water partition coefficient (Wildman–Crippen LogP) is 2.23. The van der Waals surface area contributed by atoms with E-state index >= 15 is 0 Å². The van der Waals surface area contributed by atoms with Gasteiger partial charge >= 0.3 is 0 Å². The molecular formula is C9H18N2O2Si. The normalized spacial score (nSPS) is 14.3. The molecule has 1 rings (SSSR count). The van der Waals surface area contributed by atoms with Gasteiger partial charge < -0.3 is 9.16 Å². The highest BCUT2D eigenvalue weighted by Crippen LogP contribution is 2.16. The van der Waals surface area contributed by atoms with Crippen LogP contribution in [0.15, 0.2) is 18.7 Å². The number of rotatable bonds is 5. The SMILES string of the molecule is CCOC(O[Si](C)(C)C)n1ccnc1. The molecule has 0 radical (unpaired) electrons. The molecule has 1 aromatic heterocycles. The Morgan fingerprint density at radius 3 is 2.57 bits per heavy atom. The van der Waals surface area contributed by atoms with Crippen LogP contribution in [0.5, 0.6) is 0 Å². The van der Waals surface area contributed by atoms with E-state index in [2.05, 4.69) is 24.6 Å². The third-order valence-corrected chi connectivity index (χ3v) is 2.44. The van der Waals surface area contributed by atoms with Crippen molar-refractivity contribution in [3.05, 3.63) is 18.7 Å². The Balaban J connectivity index is 2.65. The fourth-order valence-electron chi connectivity index (χ4n) is 1.02. The zero-order valence-electron chi connectivity index (χ0n) is 9.23. The van der Waals surface area contributed by atoms with Gasteiger partial charge in [-0.1, -0.05) is 0 Å². The molecule has 0 aliphatic carbocycles. The van der Waals surface area contributed by atoms with E-state index in [4.69, 9.17) is 9.16 Å². The molecule has 1 aromatic rings. The van der Waals surface area contributed by atoms with Gasteiger partial charge in [0.1, 0.15) is 0 Å². The molecule has 80 valence electrons. The Morgan fingerprint density at radius 1 is 1.43 bits per heavy atom. The lowest BCUT2D eigenvalue weighted by molar-refractivity contribution is -0.135. The summed E-state index contributed by atoms with van der Waals surface area (Å²) in [6, 6.07) is 0. The van der Waals surface area contributed by atoms with Crippen LogP contribution in [0, 0.1) is 0 Å². The van der Waals surface area contributed by atoms with Gasteiger partial charge in [-0.25, -0.2) is 4.98 Å². The van der Waals surface area contributed by atoms with Crippen molar-refractivity contribution in [3.63, 3.8) is 0 Å². The minimum Gasteiger partial charge on any atom is -0.377 e. The van der Waals surface area contributed by atoms with E-state index in [9.17, 15) is 0 Å². The molecule has 0 fully saturated rings. The first-order valence-electron chi connectivity index (χ1n) is 4.80. The monoisotopic (exact) mass is 214 g/mol. The number of hydrogen-bond donors (Lipinski definition) is 0. The fraction of sp³-hybridized carbons (Fsp3) is 0.667. The van der Waals surface area contributed by atoms with Gasteiger partial charge in [0.2, 0.25) is 6.41 Å². The number of hydrogen-bond acceptors (Lipinski definition) is 3. The first-order valence-corrected chi connectivity index (χ1v) is 8.20. The lowest BCUT2D eigenvalue weighted by Crippen LogP contribution is -2.31.